The van der Waals surface area contributed by atoms with Crippen LogP contribution in [0.5, 0.6) is 5.75 Å². The SMILES string of the molecule is Cc1nscc1C(=O)NC[C@H](O)c1ccc(OC(F)(F)F)cc1. The average molecular weight is 346 g/mol. The molecule has 9 heteroatoms. The lowest BCUT2D eigenvalue weighted by Crippen LogP contribution is -2.28. The Labute approximate surface area is 133 Å². The smallest absolute Gasteiger partial charge is 0.406 e. The minimum Gasteiger partial charge on any atom is -0.406 e. The van der Waals surface area contributed by atoms with Crippen molar-refractivity contribution in [1.82, 2.24) is 9.69 Å². The number of nitrogens with one attached hydrogen (secondary N) is 1. The lowest BCUT2D eigenvalue weighted by molar-refractivity contribution is -0.274. The lowest BCUT2D eigenvalue weighted by Gasteiger charge is -2.13. The van der Waals surface area contributed by atoms with Gasteiger partial charge in [0.2, 0.25) is 0 Å². The van der Waals surface area contributed by atoms with Gasteiger partial charge in [0, 0.05) is 11.9 Å². The molecule has 0 fully saturated rings. The number of aliphatic hydroxyl groups is 1. The Bertz CT molecular complexity index is 671. The van der Waals surface area contributed by atoms with Crippen molar-refractivity contribution in [3.05, 3.63) is 46.5 Å². The van der Waals surface area contributed by atoms with Gasteiger partial charge in [-0.3, -0.25) is 4.79 Å². The Kier molecular flexibility index (Phi) is 5.22. The van der Waals surface area contributed by atoms with E-state index >= 15 is 0 Å². The van der Waals surface area contributed by atoms with E-state index in [2.05, 4.69) is 14.4 Å². The zero-order valence-electron chi connectivity index (χ0n) is 11.9. The van der Waals surface area contributed by atoms with Crippen LogP contribution in [-0.2, 0) is 0 Å². The van der Waals surface area contributed by atoms with Crippen molar-refractivity contribution in [3.63, 3.8) is 0 Å². The van der Waals surface area contributed by atoms with E-state index in [0.29, 0.717) is 16.8 Å². The third kappa shape index (κ3) is 4.93. The van der Waals surface area contributed by atoms with E-state index in [-0.39, 0.29) is 18.2 Å². The minimum atomic E-state index is -4.76. The number of hydrogen-bond donors (Lipinski definition) is 2. The van der Waals surface area contributed by atoms with Crippen LogP contribution in [0.3, 0.4) is 0 Å². The number of carbonyl (C=O) groups is 1. The zero-order chi connectivity index (χ0) is 17.0. The van der Waals surface area contributed by atoms with Gasteiger partial charge in [-0.05, 0) is 36.2 Å². The van der Waals surface area contributed by atoms with Gasteiger partial charge >= 0.3 is 6.36 Å². The molecule has 1 atom stereocenters. The van der Waals surface area contributed by atoms with Gasteiger partial charge in [-0.15, -0.1) is 13.2 Å². The Morgan fingerprint density at radius 3 is 2.57 bits per heavy atom. The lowest BCUT2D eigenvalue weighted by atomic mass is 10.1. The van der Waals surface area contributed by atoms with Gasteiger partial charge in [-0.1, -0.05) is 12.1 Å². The standard InChI is InChI=1S/C14H13F3N2O3S/c1-8-11(7-23-19-8)13(21)18-6-12(20)9-2-4-10(5-3-9)22-14(15,16)17/h2-5,7,12,20H,6H2,1H3,(H,18,21)/t12-/m0/s1. The molecular weight excluding hydrogens is 333 g/mol. The second-order valence-corrected chi connectivity index (χ2v) is 5.29. The fourth-order valence-corrected chi connectivity index (χ4v) is 2.50. The van der Waals surface area contributed by atoms with Gasteiger partial charge in [0.05, 0.1) is 17.4 Å². The number of alkyl halides is 3. The summed E-state index contributed by atoms with van der Waals surface area (Å²) in [6.07, 6.45) is -5.81. The first-order valence-corrected chi connectivity index (χ1v) is 7.33. The molecule has 0 spiro atoms. The van der Waals surface area contributed by atoms with Crippen LogP contribution in [0.4, 0.5) is 13.2 Å². The summed E-state index contributed by atoms with van der Waals surface area (Å²) in [6, 6.07) is 4.80. The Morgan fingerprint density at radius 1 is 1.39 bits per heavy atom. The van der Waals surface area contributed by atoms with Gasteiger partial charge < -0.3 is 15.2 Å². The number of hydrogen-bond acceptors (Lipinski definition) is 5. The highest BCUT2D eigenvalue weighted by Gasteiger charge is 2.31. The second kappa shape index (κ2) is 6.97. The maximum atomic E-state index is 12.1. The molecule has 0 radical (unpaired) electrons. The van der Waals surface area contributed by atoms with Gasteiger partial charge in [0.1, 0.15) is 5.75 Å². The van der Waals surface area contributed by atoms with Crippen LogP contribution in [0.25, 0.3) is 0 Å². The molecule has 0 bridgehead atoms. The van der Waals surface area contributed by atoms with E-state index in [1.54, 1.807) is 12.3 Å². The zero-order valence-corrected chi connectivity index (χ0v) is 12.7. The van der Waals surface area contributed by atoms with E-state index in [4.69, 9.17) is 0 Å². The number of ether oxygens (including phenoxy) is 1. The number of aliphatic hydroxyl groups excluding tert-OH is 1. The number of rotatable bonds is 5. The van der Waals surface area contributed by atoms with Gasteiger partial charge in [0.15, 0.2) is 0 Å². The van der Waals surface area contributed by atoms with Crippen molar-refractivity contribution in [1.29, 1.82) is 0 Å². The second-order valence-electron chi connectivity index (χ2n) is 4.66. The number of aromatic nitrogens is 1. The summed E-state index contributed by atoms with van der Waals surface area (Å²) < 4.78 is 43.9. The van der Waals surface area contributed by atoms with Crippen LogP contribution < -0.4 is 10.1 Å². The molecule has 1 aromatic heterocycles. The third-order valence-corrected chi connectivity index (χ3v) is 3.67. The third-order valence-electron chi connectivity index (χ3n) is 2.95. The Balaban J connectivity index is 1.92. The van der Waals surface area contributed by atoms with E-state index in [1.807, 2.05) is 0 Å². The van der Waals surface area contributed by atoms with E-state index in [0.717, 1.165) is 23.7 Å². The maximum absolute atomic E-state index is 12.1. The summed E-state index contributed by atoms with van der Waals surface area (Å²) in [4.78, 5) is 11.9. The molecule has 0 saturated carbocycles. The first-order valence-electron chi connectivity index (χ1n) is 6.49. The molecule has 5 nitrogen and oxygen atoms in total. The molecular formula is C14H13F3N2O3S. The molecule has 0 saturated heterocycles. The summed E-state index contributed by atoms with van der Waals surface area (Å²) in [5.41, 5.74) is 1.38. The molecule has 2 N–H and O–H groups in total. The molecule has 0 unspecified atom stereocenters. The Hall–Kier alpha value is -2.13. The number of aryl methyl sites for hydroxylation is 1. The van der Waals surface area contributed by atoms with Crippen molar-refractivity contribution in [3.8, 4) is 5.75 Å². The van der Waals surface area contributed by atoms with E-state index < -0.39 is 12.5 Å². The molecule has 0 aliphatic carbocycles. The number of halogens is 3. The Morgan fingerprint density at radius 2 is 2.04 bits per heavy atom. The number of amides is 1. The largest absolute Gasteiger partial charge is 0.573 e. The molecule has 1 amide bonds. The van der Waals surface area contributed by atoms with Crippen molar-refractivity contribution in [2.75, 3.05) is 6.54 Å². The van der Waals surface area contributed by atoms with Crippen LogP contribution in [0.15, 0.2) is 29.6 Å². The summed E-state index contributed by atoms with van der Waals surface area (Å²) in [6.45, 7) is 1.62. The number of nitrogens with zero attached hydrogens (tertiary/aromatic N) is 1. The summed E-state index contributed by atoms with van der Waals surface area (Å²) in [5, 5.41) is 14.1. The summed E-state index contributed by atoms with van der Waals surface area (Å²) in [7, 11) is 0. The molecule has 0 aliphatic heterocycles. The van der Waals surface area contributed by atoms with E-state index in [1.165, 1.54) is 12.1 Å². The first kappa shape index (κ1) is 17.2. The van der Waals surface area contributed by atoms with Crippen molar-refractivity contribution < 1.29 is 27.8 Å². The molecule has 2 aromatic rings. The van der Waals surface area contributed by atoms with Crippen molar-refractivity contribution >= 4 is 17.4 Å². The predicted octanol–water partition coefficient (Wildman–Crippen LogP) is 2.81. The number of carbonyl (C=O) groups excluding carboxylic acids is 1. The molecule has 2 rings (SSSR count). The van der Waals surface area contributed by atoms with Crippen molar-refractivity contribution in [2.24, 2.45) is 0 Å². The highest BCUT2D eigenvalue weighted by atomic mass is 32.1. The van der Waals surface area contributed by atoms with Gasteiger partial charge in [-0.25, -0.2) is 0 Å². The monoisotopic (exact) mass is 346 g/mol. The minimum absolute atomic E-state index is 0.0758. The molecule has 1 heterocycles. The highest BCUT2D eigenvalue weighted by molar-refractivity contribution is 7.03. The van der Waals surface area contributed by atoms with Crippen LogP contribution in [-0.4, -0.2) is 28.3 Å². The molecule has 23 heavy (non-hydrogen) atoms. The quantitative estimate of drug-likeness (QED) is 0.873. The van der Waals surface area contributed by atoms with Gasteiger partial charge in [0.25, 0.3) is 5.91 Å². The fraction of sp³-hybridized carbons (Fsp3) is 0.286. The normalized spacial score (nSPS) is 12.7. The van der Waals surface area contributed by atoms with E-state index in [9.17, 15) is 23.1 Å². The molecule has 124 valence electrons. The summed E-state index contributed by atoms with van der Waals surface area (Å²) in [5.74, 6) is -0.746. The van der Waals surface area contributed by atoms with Crippen molar-refractivity contribution in [2.45, 2.75) is 19.4 Å². The van der Waals surface area contributed by atoms with Crippen LogP contribution in [0.1, 0.15) is 27.7 Å². The summed E-state index contributed by atoms with van der Waals surface area (Å²) >= 11 is 1.15. The van der Waals surface area contributed by atoms with Crippen LogP contribution in [0, 0.1) is 6.92 Å². The predicted molar refractivity (Wildman–Crippen MR) is 77.3 cm³/mol. The molecule has 0 aliphatic rings. The van der Waals surface area contributed by atoms with Crippen LogP contribution >= 0.6 is 11.5 Å². The van der Waals surface area contributed by atoms with Gasteiger partial charge in [-0.2, -0.15) is 4.37 Å². The highest BCUT2D eigenvalue weighted by Crippen LogP contribution is 2.24. The maximum Gasteiger partial charge on any atom is 0.573 e. The molecule has 1 aromatic carbocycles. The van der Waals surface area contributed by atoms with Crippen LogP contribution in [0.2, 0.25) is 0 Å². The number of benzene rings is 1. The topological polar surface area (TPSA) is 71.5 Å². The fourth-order valence-electron chi connectivity index (χ4n) is 1.80. The first-order chi connectivity index (χ1) is 10.8. The average Bonchev–Trinajstić information content (AvgIpc) is 2.90.